The standard InChI is InChI=1S/C18H23N5O3/c1-13-8-19-17(20-9-13)23-6-7-26-18(11-23)4-2-14(3-5-18)22-16(24)15-10-25-12-21-15/h8-10,12,14H,2-7,11H2,1H3,(H,22,24). The molecule has 0 unspecified atom stereocenters. The predicted molar refractivity (Wildman–Crippen MR) is 93.9 cm³/mol. The molecule has 138 valence electrons. The lowest BCUT2D eigenvalue weighted by Gasteiger charge is -2.46. The summed E-state index contributed by atoms with van der Waals surface area (Å²) in [5, 5.41) is 3.04. The van der Waals surface area contributed by atoms with Crippen molar-refractivity contribution in [3.63, 3.8) is 0 Å². The van der Waals surface area contributed by atoms with E-state index >= 15 is 0 Å². The lowest BCUT2D eigenvalue weighted by molar-refractivity contribution is -0.0821. The Bertz CT molecular complexity index is 739. The first-order chi connectivity index (χ1) is 12.6. The van der Waals surface area contributed by atoms with Gasteiger partial charge in [-0.3, -0.25) is 4.79 Å². The smallest absolute Gasteiger partial charge is 0.273 e. The molecule has 2 aromatic rings. The van der Waals surface area contributed by atoms with Gasteiger partial charge in [-0.1, -0.05) is 0 Å². The number of aromatic nitrogens is 3. The summed E-state index contributed by atoms with van der Waals surface area (Å²) in [6, 6.07) is 0.138. The van der Waals surface area contributed by atoms with Gasteiger partial charge < -0.3 is 19.4 Å². The number of hydrogen-bond donors (Lipinski definition) is 1. The van der Waals surface area contributed by atoms with Crippen LogP contribution >= 0.6 is 0 Å². The Morgan fingerprint density at radius 1 is 1.27 bits per heavy atom. The van der Waals surface area contributed by atoms with Gasteiger partial charge in [0.25, 0.3) is 5.91 Å². The largest absolute Gasteiger partial charge is 0.451 e. The Balaban J connectivity index is 1.35. The van der Waals surface area contributed by atoms with Gasteiger partial charge in [0, 0.05) is 31.5 Å². The number of amides is 1. The molecule has 2 fully saturated rings. The Labute approximate surface area is 152 Å². The SMILES string of the molecule is Cc1cnc(N2CCOC3(CCC(NC(=O)c4cocn4)CC3)C2)nc1. The van der Waals surface area contributed by atoms with E-state index < -0.39 is 0 Å². The summed E-state index contributed by atoms with van der Waals surface area (Å²) < 4.78 is 11.0. The van der Waals surface area contributed by atoms with E-state index in [2.05, 4.69) is 25.2 Å². The first kappa shape index (κ1) is 17.0. The lowest BCUT2D eigenvalue weighted by Crippen LogP contribution is -2.55. The van der Waals surface area contributed by atoms with E-state index in [0.717, 1.165) is 50.3 Å². The lowest BCUT2D eigenvalue weighted by atomic mass is 9.81. The maximum absolute atomic E-state index is 12.1. The Morgan fingerprint density at radius 2 is 2.04 bits per heavy atom. The molecule has 0 bridgehead atoms. The fourth-order valence-corrected chi connectivity index (χ4v) is 3.74. The van der Waals surface area contributed by atoms with E-state index in [9.17, 15) is 4.79 Å². The second-order valence-electron chi connectivity index (χ2n) is 7.13. The Kier molecular flexibility index (Phi) is 4.58. The van der Waals surface area contributed by atoms with Crippen molar-refractivity contribution in [1.82, 2.24) is 20.3 Å². The number of oxazole rings is 1. The van der Waals surface area contributed by atoms with E-state index in [4.69, 9.17) is 9.15 Å². The Hall–Kier alpha value is -2.48. The van der Waals surface area contributed by atoms with Crippen LogP contribution in [-0.2, 0) is 4.74 Å². The fraction of sp³-hybridized carbons (Fsp3) is 0.556. The minimum atomic E-state index is -0.182. The van der Waals surface area contributed by atoms with Crippen LogP contribution in [0.5, 0.6) is 0 Å². The van der Waals surface area contributed by atoms with Crippen molar-refractivity contribution >= 4 is 11.9 Å². The van der Waals surface area contributed by atoms with Gasteiger partial charge in [0.1, 0.15) is 6.26 Å². The number of hydrogen-bond acceptors (Lipinski definition) is 7. The van der Waals surface area contributed by atoms with Gasteiger partial charge in [-0.05, 0) is 38.2 Å². The molecule has 0 radical (unpaired) electrons. The van der Waals surface area contributed by atoms with E-state index in [0.29, 0.717) is 12.3 Å². The molecule has 1 N–H and O–H groups in total. The van der Waals surface area contributed by atoms with Gasteiger partial charge in [0.15, 0.2) is 12.1 Å². The highest BCUT2D eigenvalue weighted by atomic mass is 16.5. The summed E-state index contributed by atoms with van der Waals surface area (Å²) in [6.45, 7) is 4.25. The molecular weight excluding hydrogens is 334 g/mol. The first-order valence-electron chi connectivity index (χ1n) is 9.00. The molecule has 1 saturated heterocycles. The monoisotopic (exact) mass is 357 g/mol. The van der Waals surface area contributed by atoms with Crippen LogP contribution in [0.25, 0.3) is 0 Å². The maximum atomic E-state index is 12.1. The number of nitrogens with one attached hydrogen (secondary N) is 1. The molecule has 1 aliphatic carbocycles. The van der Waals surface area contributed by atoms with Crippen molar-refractivity contribution in [1.29, 1.82) is 0 Å². The van der Waals surface area contributed by atoms with Crippen molar-refractivity contribution in [2.24, 2.45) is 0 Å². The van der Waals surface area contributed by atoms with Gasteiger partial charge in [-0.15, -0.1) is 0 Å². The van der Waals surface area contributed by atoms with Gasteiger partial charge in [-0.25, -0.2) is 15.0 Å². The highest BCUT2D eigenvalue weighted by molar-refractivity contribution is 5.92. The maximum Gasteiger partial charge on any atom is 0.273 e. The van der Waals surface area contributed by atoms with E-state index in [-0.39, 0.29) is 17.6 Å². The number of carbonyl (C=O) groups is 1. The minimum absolute atomic E-state index is 0.138. The van der Waals surface area contributed by atoms with Crippen LogP contribution in [-0.4, -0.2) is 52.2 Å². The van der Waals surface area contributed by atoms with Gasteiger partial charge in [0.05, 0.1) is 12.2 Å². The summed E-state index contributed by atoms with van der Waals surface area (Å²) in [5.74, 6) is 0.582. The van der Waals surface area contributed by atoms with E-state index in [1.165, 1.54) is 12.7 Å². The molecule has 1 amide bonds. The number of anilines is 1. The fourth-order valence-electron chi connectivity index (χ4n) is 3.74. The van der Waals surface area contributed by atoms with Gasteiger partial charge >= 0.3 is 0 Å². The summed E-state index contributed by atoms with van der Waals surface area (Å²) in [6.07, 6.45) is 9.89. The van der Waals surface area contributed by atoms with Crippen molar-refractivity contribution in [2.75, 3.05) is 24.6 Å². The van der Waals surface area contributed by atoms with E-state index in [1.807, 2.05) is 19.3 Å². The highest BCUT2D eigenvalue weighted by Gasteiger charge is 2.41. The van der Waals surface area contributed by atoms with E-state index in [1.54, 1.807) is 0 Å². The molecule has 26 heavy (non-hydrogen) atoms. The minimum Gasteiger partial charge on any atom is -0.451 e. The average molecular weight is 357 g/mol. The summed E-state index contributed by atoms with van der Waals surface area (Å²) in [4.78, 5) is 27.1. The molecule has 1 spiro atoms. The second-order valence-corrected chi connectivity index (χ2v) is 7.13. The van der Waals surface area contributed by atoms with Crippen LogP contribution in [0.15, 0.2) is 29.5 Å². The van der Waals surface area contributed by atoms with Crippen LogP contribution < -0.4 is 10.2 Å². The zero-order valence-corrected chi connectivity index (χ0v) is 14.9. The summed E-state index contributed by atoms with van der Waals surface area (Å²) in [5.41, 5.74) is 1.20. The number of nitrogens with zero attached hydrogens (tertiary/aromatic N) is 4. The first-order valence-corrected chi connectivity index (χ1v) is 9.00. The van der Waals surface area contributed by atoms with Crippen molar-refractivity contribution < 1.29 is 13.9 Å². The molecule has 1 aliphatic heterocycles. The molecule has 8 nitrogen and oxygen atoms in total. The number of aryl methyl sites for hydroxylation is 1. The zero-order chi connectivity index (χ0) is 18.0. The third kappa shape index (κ3) is 3.55. The number of morpholine rings is 1. The molecule has 0 aromatic carbocycles. The number of rotatable bonds is 3. The molecule has 3 heterocycles. The van der Waals surface area contributed by atoms with Gasteiger partial charge in [-0.2, -0.15) is 0 Å². The molecule has 4 rings (SSSR count). The second kappa shape index (κ2) is 7.03. The molecule has 8 heteroatoms. The summed E-state index contributed by atoms with van der Waals surface area (Å²) in [7, 11) is 0. The molecular formula is C18H23N5O3. The quantitative estimate of drug-likeness (QED) is 0.894. The molecule has 2 aliphatic rings. The van der Waals surface area contributed by atoms with Crippen molar-refractivity contribution in [2.45, 2.75) is 44.2 Å². The molecule has 2 aromatic heterocycles. The van der Waals surface area contributed by atoms with Crippen LogP contribution in [0.2, 0.25) is 0 Å². The van der Waals surface area contributed by atoms with Crippen LogP contribution in [0.3, 0.4) is 0 Å². The molecule has 0 atom stereocenters. The van der Waals surface area contributed by atoms with Crippen molar-refractivity contribution in [3.8, 4) is 0 Å². The summed E-state index contributed by atoms with van der Waals surface area (Å²) >= 11 is 0. The third-order valence-electron chi connectivity index (χ3n) is 5.20. The normalized spacial score (nSPS) is 26.0. The Morgan fingerprint density at radius 3 is 2.73 bits per heavy atom. The van der Waals surface area contributed by atoms with Crippen LogP contribution in [0.1, 0.15) is 41.7 Å². The number of ether oxygens (including phenoxy) is 1. The topological polar surface area (TPSA) is 93.4 Å². The molecule has 1 saturated carbocycles. The average Bonchev–Trinajstić information content (AvgIpc) is 3.20. The van der Waals surface area contributed by atoms with Crippen molar-refractivity contribution in [3.05, 3.63) is 36.3 Å². The van der Waals surface area contributed by atoms with Crippen LogP contribution in [0.4, 0.5) is 5.95 Å². The highest BCUT2D eigenvalue weighted by Crippen LogP contribution is 2.35. The zero-order valence-electron chi connectivity index (χ0n) is 14.9. The predicted octanol–water partition coefficient (Wildman–Crippen LogP) is 1.72. The van der Waals surface area contributed by atoms with Gasteiger partial charge in [0.2, 0.25) is 5.95 Å². The third-order valence-corrected chi connectivity index (χ3v) is 5.20. The number of carbonyl (C=O) groups excluding carboxylic acids is 1. The van der Waals surface area contributed by atoms with Crippen LogP contribution in [0, 0.1) is 6.92 Å².